The molecule has 0 aliphatic rings. The number of carbonyl (C=O) groups excluding carboxylic acids is 2. The third-order valence-corrected chi connectivity index (χ3v) is 4.49. The molecule has 30 heavy (non-hydrogen) atoms. The summed E-state index contributed by atoms with van der Waals surface area (Å²) in [5.41, 5.74) is 0. The number of carbonyl (C=O) groups is 2. The Hall–Kier alpha value is -2.75. The number of hydrogen-bond donors (Lipinski definition) is 3. The number of nitrogens with one attached hydrogen (secondary N) is 2. The lowest BCUT2D eigenvalue weighted by molar-refractivity contribution is -0.117. The van der Waals surface area contributed by atoms with Crippen LogP contribution in [0, 0.1) is 0 Å². The Kier molecular flexibility index (Phi) is 10.6. The maximum Gasteiger partial charge on any atom is 0.412 e. The van der Waals surface area contributed by atoms with Gasteiger partial charge < -0.3 is 30.0 Å². The molecule has 0 aliphatic carbocycles. The smallest absolute Gasteiger partial charge is 0.410 e. The zero-order valence-corrected chi connectivity index (χ0v) is 17.5. The standard InChI is InChI=1S/C21H26N2O6S/c1-30-15-12-18(23-21(26)29-17-10-6-3-7-11-17)19(24)27-14-13-22-20(25)28-16-8-4-2-5-9-16/h2-11,18-19,24H,12-15H2,1H3,(H,22,25)(H,23,26). The Morgan fingerprint density at radius 2 is 1.53 bits per heavy atom. The highest BCUT2D eigenvalue weighted by Crippen LogP contribution is 2.11. The number of benzene rings is 2. The third-order valence-electron chi connectivity index (χ3n) is 3.85. The number of aliphatic hydroxyl groups excluding tert-OH is 1. The summed E-state index contributed by atoms with van der Waals surface area (Å²) in [5.74, 6) is 1.53. The molecule has 0 aliphatic heterocycles. The summed E-state index contributed by atoms with van der Waals surface area (Å²) in [6.07, 6.45) is -0.153. The SMILES string of the molecule is CSCCC(NC(=O)Oc1ccccc1)C(O)OCCNC(=O)Oc1ccccc1. The van der Waals surface area contributed by atoms with Crippen molar-refractivity contribution in [3.05, 3.63) is 60.7 Å². The van der Waals surface area contributed by atoms with Crippen LogP contribution in [0.4, 0.5) is 9.59 Å². The van der Waals surface area contributed by atoms with E-state index in [-0.39, 0.29) is 13.2 Å². The third kappa shape index (κ3) is 9.17. The Morgan fingerprint density at radius 1 is 0.967 bits per heavy atom. The number of para-hydroxylation sites is 2. The highest BCUT2D eigenvalue weighted by atomic mass is 32.2. The molecule has 0 bridgehead atoms. The summed E-state index contributed by atoms with van der Waals surface area (Å²) in [5, 5.41) is 15.5. The number of aliphatic hydroxyl groups is 1. The number of amides is 2. The van der Waals surface area contributed by atoms with E-state index in [0.717, 1.165) is 0 Å². The van der Waals surface area contributed by atoms with Crippen LogP contribution in [0.2, 0.25) is 0 Å². The van der Waals surface area contributed by atoms with Crippen LogP contribution >= 0.6 is 11.8 Å². The van der Waals surface area contributed by atoms with Crippen LogP contribution in [0.25, 0.3) is 0 Å². The van der Waals surface area contributed by atoms with Crippen LogP contribution in [0.1, 0.15) is 6.42 Å². The number of rotatable bonds is 11. The van der Waals surface area contributed by atoms with Crippen molar-refractivity contribution < 1.29 is 28.9 Å². The summed E-state index contributed by atoms with van der Waals surface area (Å²) in [4.78, 5) is 23.8. The Bertz CT molecular complexity index is 763. The van der Waals surface area contributed by atoms with Gasteiger partial charge in [-0.1, -0.05) is 36.4 Å². The maximum atomic E-state index is 12.1. The first-order chi connectivity index (χ1) is 14.6. The fourth-order valence-electron chi connectivity index (χ4n) is 2.39. The minimum atomic E-state index is -1.26. The van der Waals surface area contributed by atoms with E-state index >= 15 is 0 Å². The highest BCUT2D eigenvalue weighted by molar-refractivity contribution is 7.98. The minimum Gasteiger partial charge on any atom is -0.410 e. The monoisotopic (exact) mass is 434 g/mol. The Labute approximate surface area is 179 Å². The molecule has 9 heteroatoms. The largest absolute Gasteiger partial charge is 0.412 e. The molecule has 2 rings (SSSR count). The summed E-state index contributed by atoms with van der Waals surface area (Å²) >= 11 is 1.58. The first-order valence-electron chi connectivity index (χ1n) is 9.41. The predicted molar refractivity (Wildman–Crippen MR) is 115 cm³/mol. The van der Waals surface area contributed by atoms with Gasteiger partial charge in [0.15, 0.2) is 6.29 Å². The van der Waals surface area contributed by atoms with Gasteiger partial charge in [0.1, 0.15) is 11.5 Å². The summed E-state index contributed by atoms with van der Waals surface area (Å²) in [6.45, 7) is 0.169. The Morgan fingerprint density at radius 3 is 2.10 bits per heavy atom. The van der Waals surface area contributed by atoms with Gasteiger partial charge in [-0.2, -0.15) is 11.8 Å². The van der Waals surface area contributed by atoms with Gasteiger partial charge in [-0.15, -0.1) is 0 Å². The van der Waals surface area contributed by atoms with E-state index < -0.39 is 24.5 Å². The van der Waals surface area contributed by atoms with E-state index in [9.17, 15) is 14.7 Å². The predicted octanol–water partition coefficient (Wildman–Crippen LogP) is 3.02. The molecule has 3 N–H and O–H groups in total. The number of hydrogen-bond acceptors (Lipinski definition) is 7. The second-order valence-corrected chi connectivity index (χ2v) is 7.11. The molecule has 0 aromatic heterocycles. The molecule has 2 atom stereocenters. The van der Waals surface area contributed by atoms with Gasteiger partial charge in [-0.3, -0.25) is 0 Å². The fourth-order valence-corrected chi connectivity index (χ4v) is 2.88. The van der Waals surface area contributed by atoms with Crippen molar-refractivity contribution in [2.45, 2.75) is 18.8 Å². The molecule has 8 nitrogen and oxygen atoms in total. The molecule has 0 radical (unpaired) electrons. The van der Waals surface area contributed by atoms with Crippen LogP contribution in [0.3, 0.4) is 0 Å². The van der Waals surface area contributed by atoms with Gasteiger partial charge in [0.05, 0.1) is 12.6 Å². The molecule has 0 spiro atoms. The van der Waals surface area contributed by atoms with Crippen LogP contribution in [-0.2, 0) is 4.74 Å². The fraction of sp³-hybridized carbons (Fsp3) is 0.333. The molecule has 162 valence electrons. The average molecular weight is 435 g/mol. The second-order valence-electron chi connectivity index (χ2n) is 6.13. The molecular formula is C21H26N2O6S. The van der Waals surface area contributed by atoms with Gasteiger partial charge in [0.25, 0.3) is 0 Å². The molecule has 0 saturated carbocycles. The van der Waals surface area contributed by atoms with Crippen molar-refractivity contribution in [3.63, 3.8) is 0 Å². The topological polar surface area (TPSA) is 106 Å². The summed E-state index contributed by atoms with van der Waals surface area (Å²) < 4.78 is 15.6. The zero-order chi connectivity index (χ0) is 21.6. The molecule has 0 heterocycles. The van der Waals surface area contributed by atoms with Crippen LogP contribution < -0.4 is 20.1 Å². The summed E-state index contributed by atoms with van der Waals surface area (Å²) in [6, 6.07) is 16.6. The van der Waals surface area contributed by atoms with Crippen molar-refractivity contribution in [2.75, 3.05) is 25.2 Å². The lowest BCUT2D eigenvalue weighted by Gasteiger charge is -2.23. The molecular weight excluding hydrogens is 408 g/mol. The van der Waals surface area contributed by atoms with Gasteiger partial charge in [-0.05, 0) is 42.7 Å². The molecule has 0 fully saturated rings. The molecule has 2 unspecified atom stereocenters. The van der Waals surface area contributed by atoms with E-state index in [1.54, 1.807) is 60.3 Å². The van der Waals surface area contributed by atoms with E-state index in [1.165, 1.54) is 0 Å². The quantitative estimate of drug-likeness (QED) is 0.369. The Balaban J connectivity index is 1.73. The minimum absolute atomic E-state index is 0.0379. The van der Waals surface area contributed by atoms with Crippen molar-refractivity contribution >= 4 is 23.9 Å². The average Bonchev–Trinajstić information content (AvgIpc) is 2.75. The molecule has 2 aromatic rings. The normalized spacial score (nSPS) is 12.5. The van der Waals surface area contributed by atoms with Crippen LogP contribution in [0.15, 0.2) is 60.7 Å². The van der Waals surface area contributed by atoms with Gasteiger partial charge in [-0.25, -0.2) is 9.59 Å². The number of thioether (sulfide) groups is 1. The van der Waals surface area contributed by atoms with Crippen molar-refractivity contribution in [3.8, 4) is 11.5 Å². The van der Waals surface area contributed by atoms with E-state index in [2.05, 4.69) is 10.6 Å². The van der Waals surface area contributed by atoms with Crippen LogP contribution in [-0.4, -0.2) is 54.8 Å². The van der Waals surface area contributed by atoms with Gasteiger partial charge >= 0.3 is 12.2 Å². The van der Waals surface area contributed by atoms with Crippen molar-refractivity contribution in [1.29, 1.82) is 0 Å². The number of ether oxygens (including phenoxy) is 3. The molecule has 2 amide bonds. The molecule has 2 aromatic carbocycles. The van der Waals surface area contributed by atoms with Crippen molar-refractivity contribution in [1.82, 2.24) is 10.6 Å². The van der Waals surface area contributed by atoms with Gasteiger partial charge in [0, 0.05) is 6.54 Å². The summed E-state index contributed by atoms with van der Waals surface area (Å²) in [7, 11) is 0. The lowest BCUT2D eigenvalue weighted by atomic mass is 10.2. The molecule has 0 saturated heterocycles. The van der Waals surface area contributed by atoms with Crippen molar-refractivity contribution in [2.24, 2.45) is 0 Å². The zero-order valence-electron chi connectivity index (χ0n) is 16.7. The van der Waals surface area contributed by atoms with E-state index in [4.69, 9.17) is 14.2 Å². The van der Waals surface area contributed by atoms with E-state index in [1.807, 2.05) is 18.4 Å². The first kappa shape index (κ1) is 23.5. The first-order valence-corrected chi connectivity index (χ1v) is 10.8. The highest BCUT2D eigenvalue weighted by Gasteiger charge is 2.22. The maximum absolute atomic E-state index is 12.1. The van der Waals surface area contributed by atoms with Crippen LogP contribution in [0.5, 0.6) is 11.5 Å². The lowest BCUT2D eigenvalue weighted by Crippen LogP contribution is -2.46. The second kappa shape index (κ2) is 13.5. The van der Waals surface area contributed by atoms with E-state index in [0.29, 0.717) is 23.7 Å². The van der Waals surface area contributed by atoms with Gasteiger partial charge in [0.2, 0.25) is 0 Å².